The lowest BCUT2D eigenvalue weighted by Crippen LogP contribution is -2.34. The number of aliphatic hydroxyl groups excluding tert-OH is 1. The molecule has 2 N–H and O–H groups in total. The molecule has 1 aromatic rings. The summed E-state index contributed by atoms with van der Waals surface area (Å²) in [6, 6.07) is 6.94. The van der Waals surface area contributed by atoms with Gasteiger partial charge >= 0.3 is 6.18 Å². The van der Waals surface area contributed by atoms with Crippen LogP contribution in [-0.2, 0) is 4.84 Å². The highest BCUT2D eigenvalue weighted by molar-refractivity contribution is 9.10. The second-order valence-corrected chi connectivity index (χ2v) is 4.59. The molecule has 0 fully saturated rings. The van der Waals surface area contributed by atoms with Crippen LogP contribution in [0.1, 0.15) is 0 Å². The van der Waals surface area contributed by atoms with Gasteiger partial charge in [0.2, 0.25) is 0 Å². The molecule has 0 aliphatic heterocycles. The minimum absolute atomic E-state index is 0.0516. The van der Waals surface area contributed by atoms with Crippen molar-refractivity contribution in [3.8, 4) is 5.75 Å². The van der Waals surface area contributed by atoms with Crippen LogP contribution in [0.5, 0.6) is 5.75 Å². The Labute approximate surface area is 116 Å². The minimum atomic E-state index is -4.40. The van der Waals surface area contributed by atoms with Crippen LogP contribution in [0, 0.1) is 0 Å². The van der Waals surface area contributed by atoms with Crippen molar-refractivity contribution in [1.82, 2.24) is 5.48 Å². The third-order valence-corrected chi connectivity index (χ3v) is 2.44. The highest BCUT2D eigenvalue weighted by Crippen LogP contribution is 2.16. The van der Waals surface area contributed by atoms with Gasteiger partial charge in [-0.2, -0.15) is 18.7 Å². The minimum Gasteiger partial charge on any atom is -0.491 e. The molecule has 0 radical (unpaired) electrons. The van der Waals surface area contributed by atoms with Crippen LogP contribution >= 0.6 is 15.9 Å². The van der Waals surface area contributed by atoms with Gasteiger partial charge in [0.25, 0.3) is 0 Å². The Hall–Kier alpha value is -0.830. The normalized spacial score (nSPS) is 13.3. The standard InChI is InChI=1S/C11H13BrF3NO3/c12-8-1-3-10(4-2-8)18-6-9(17)5-16-19-7-11(13,14)15/h1-4,9,16-17H,5-7H2. The topological polar surface area (TPSA) is 50.7 Å². The van der Waals surface area contributed by atoms with Crippen LogP contribution in [0.25, 0.3) is 0 Å². The molecule has 1 aromatic carbocycles. The van der Waals surface area contributed by atoms with E-state index >= 15 is 0 Å². The Morgan fingerprint density at radius 3 is 2.47 bits per heavy atom. The van der Waals surface area contributed by atoms with Crippen molar-refractivity contribution in [2.75, 3.05) is 19.8 Å². The van der Waals surface area contributed by atoms with Gasteiger partial charge in [-0.1, -0.05) is 15.9 Å². The quantitative estimate of drug-likeness (QED) is 0.589. The average molecular weight is 344 g/mol. The van der Waals surface area contributed by atoms with E-state index in [1.807, 2.05) is 5.48 Å². The fraction of sp³-hybridized carbons (Fsp3) is 0.455. The molecule has 1 rings (SSSR count). The number of halogens is 4. The van der Waals surface area contributed by atoms with Crippen molar-refractivity contribution in [3.05, 3.63) is 28.7 Å². The number of alkyl halides is 3. The number of ether oxygens (including phenoxy) is 1. The zero-order valence-electron chi connectivity index (χ0n) is 9.78. The van der Waals surface area contributed by atoms with Crippen LogP contribution in [-0.4, -0.2) is 37.1 Å². The molecule has 0 bridgehead atoms. The lowest BCUT2D eigenvalue weighted by atomic mass is 10.3. The zero-order chi connectivity index (χ0) is 14.3. The first-order chi connectivity index (χ1) is 8.87. The summed E-state index contributed by atoms with van der Waals surface area (Å²) in [5.74, 6) is 0.554. The van der Waals surface area contributed by atoms with Gasteiger partial charge in [0, 0.05) is 4.47 Å². The molecule has 108 valence electrons. The molecule has 0 aromatic heterocycles. The third-order valence-electron chi connectivity index (χ3n) is 1.91. The SMILES string of the molecule is OC(CNOCC(F)(F)F)COc1ccc(Br)cc1. The van der Waals surface area contributed by atoms with Gasteiger partial charge < -0.3 is 9.84 Å². The van der Waals surface area contributed by atoms with E-state index < -0.39 is 18.9 Å². The molecule has 0 aliphatic rings. The molecule has 0 saturated carbocycles. The lowest BCUT2D eigenvalue weighted by molar-refractivity contribution is -0.191. The molecule has 8 heteroatoms. The van der Waals surface area contributed by atoms with Crippen LogP contribution < -0.4 is 10.2 Å². The Morgan fingerprint density at radius 1 is 1.26 bits per heavy atom. The summed E-state index contributed by atoms with van der Waals surface area (Å²) < 4.78 is 41.3. The van der Waals surface area contributed by atoms with Crippen molar-refractivity contribution in [2.24, 2.45) is 0 Å². The number of hydroxylamine groups is 1. The van der Waals surface area contributed by atoms with Gasteiger partial charge in [-0.05, 0) is 24.3 Å². The van der Waals surface area contributed by atoms with E-state index in [1.165, 1.54) is 0 Å². The predicted octanol–water partition coefficient (Wildman–Crippen LogP) is 2.27. The molecule has 1 unspecified atom stereocenters. The smallest absolute Gasteiger partial charge is 0.413 e. The molecule has 0 spiro atoms. The highest BCUT2D eigenvalue weighted by atomic mass is 79.9. The monoisotopic (exact) mass is 343 g/mol. The van der Waals surface area contributed by atoms with Gasteiger partial charge in [0.1, 0.15) is 18.5 Å². The van der Waals surface area contributed by atoms with Crippen LogP contribution in [0.15, 0.2) is 28.7 Å². The summed E-state index contributed by atoms with van der Waals surface area (Å²) in [5, 5.41) is 9.44. The van der Waals surface area contributed by atoms with E-state index in [2.05, 4.69) is 20.8 Å². The second-order valence-electron chi connectivity index (χ2n) is 3.67. The Kier molecular flexibility index (Phi) is 6.56. The van der Waals surface area contributed by atoms with E-state index in [1.54, 1.807) is 24.3 Å². The number of aliphatic hydroxyl groups is 1. The molecular weight excluding hydrogens is 331 g/mol. The van der Waals surface area contributed by atoms with Crippen molar-refractivity contribution in [1.29, 1.82) is 0 Å². The first-order valence-electron chi connectivity index (χ1n) is 5.34. The van der Waals surface area contributed by atoms with Gasteiger partial charge in [-0.3, -0.25) is 4.84 Å². The maximum absolute atomic E-state index is 11.7. The summed E-state index contributed by atoms with van der Waals surface area (Å²) in [6.07, 6.45) is -5.37. The van der Waals surface area contributed by atoms with E-state index in [4.69, 9.17) is 4.74 Å². The fourth-order valence-electron chi connectivity index (χ4n) is 1.07. The molecule has 0 heterocycles. The Balaban J connectivity index is 2.14. The molecule has 19 heavy (non-hydrogen) atoms. The molecule has 1 atom stereocenters. The lowest BCUT2D eigenvalue weighted by Gasteiger charge is -2.14. The number of hydrogen-bond acceptors (Lipinski definition) is 4. The highest BCUT2D eigenvalue weighted by Gasteiger charge is 2.27. The largest absolute Gasteiger partial charge is 0.491 e. The number of nitrogens with one attached hydrogen (secondary N) is 1. The number of benzene rings is 1. The Morgan fingerprint density at radius 2 is 1.89 bits per heavy atom. The molecule has 0 aliphatic carbocycles. The zero-order valence-corrected chi connectivity index (χ0v) is 11.4. The predicted molar refractivity (Wildman–Crippen MR) is 65.7 cm³/mol. The maximum Gasteiger partial charge on any atom is 0.413 e. The maximum atomic E-state index is 11.7. The summed E-state index contributed by atoms with van der Waals surface area (Å²) >= 11 is 3.26. The Bertz CT molecular complexity index is 372. The van der Waals surface area contributed by atoms with Crippen LogP contribution in [0.2, 0.25) is 0 Å². The summed E-state index contributed by atoms with van der Waals surface area (Å²) in [4.78, 5) is 4.14. The van der Waals surface area contributed by atoms with E-state index in [-0.39, 0.29) is 13.2 Å². The first-order valence-corrected chi connectivity index (χ1v) is 6.14. The number of hydrogen-bond donors (Lipinski definition) is 2. The summed E-state index contributed by atoms with van der Waals surface area (Å²) in [5.41, 5.74) is 2.03. The van der Waals surface area contributed by atoms with Crippen molar-refractivity contribution in [3.63, 3.8) is 0 Å². The molecule has 0 saturated heterocycles. The summed E-state index contributed by atoms with van der Waals surface area (Å²) in [7, 11) is 0. The van der Waals surface area contributed by atoms with Crippen LogP contribution in [0.4, 0.5) is 13.2 Å². The van der Waals surface area contributed by atoms with Crippen LogP contribution in [0.3, 0.4) is 0 Å². The fourth-order valence-corrected chi connectivity index (χ4v) is 1.33. The van der Waals surface area contributed by atoms with Gasteiger partial charge in [0.05, 0.1) is 6.54 Å². The third kappa shape index (κ3) is 8.04. The van der Waals surface area contributed by atoms with Gasteiger partial charge in [0.15, 0.2) is 6.61 Å². The van der Waals surface area contributed by atoms with Crippen molar-refractivity contribution < 1.29 is 27.9 Å². The molecule has 4 nitrogen and oxygen atoms in total. The van der Waals surface area contributed by atoms with E-state index in [9.17, 15) is 18.3 Å². The van der Waals surface area contributed by atoms with Crippen molar-refractivity contribution in [2.45, 2.75) is 12.3 Å². The van der Waals surface area contributed by atoms with Gasteiger partial charge in [-0.15, -0.1) is 0 Å². The number of rotatable bonds is 7. The molecule has 0 amide bonds. The average Bonchev–Trinajstić information content (AvgIpc) is 2.33. The van der Waals surface area contributed by atoms with E-state index in [0.717, 1.165) is 4.47 Å². The first kappa shape index (κ1) is 16.2. The van der Waals surface area contributed by atoms with Gasteiger partial charge in [-0.25, -0.2) is 0 Å². The second kappa shape index (κ2) is 7.68. The van der Waals surface area contributed by atoms with E-state index in [0.29, 0.717) is 5.75 Å². The summed E-state index contributed by atoms with van der Waals surface area (Å²) in [6.45, 7) is -1.62. The molecular formula is C11H13BrF3NO3. The van der Waals surface area contributed by atoms with Crippen molar-refractivity contribution >= 4 is 15.9 Å².